The summed E-state index contributed by atoms with van der Waals surface area (Å²) in [6.45, 7) is -1.02. The van der Waals surface area contributed by atoms with Crippen LogP contribution in [0, 0.1) is 5.82 Å². The predicted molar refractivity (Wildman–Crippen MR) is 98.8 cm³/mol. The zero-order valence-corrected chi connectivity index (χ0v) is 16.0. The van der Waals surface area contributed by atoms with Gasteiger partial charge in [0.15, 0.2) is 13.2 Å². The Morgan fingerprint density at radius 2 is 1.75 bits per heavy atom. The Labute approximate surface area is 161 Å². The number of ether oxygens (including phenoxy) is 2. The molecule has 8 nitrogen and oxygen atoms in total. The van der Waals surface area contributed by atoms with E-state index in [9.17, 15) is 22.4 Å². The molecule has 0 aliphatic rings. The Balaban J connectivity index is 1.84. The maximum absolute atomic E-state index is 12.8. The lowest BCUT2D eigenvalue weighted by atomic mass is 10.3. The van der Waals surface area contributed by atoms with Gasteiger partial charge in [0.05, 0.1) is 4.90 Å². The maximum Gasteiger partial charge on any atom is 0.344 e. The average Bonchev–Trinajstić information content (AvgIpc) is 2.66. The van der Waals surface area contributed by atoms with Crippen molar-refractivity contribution in [1.82, 2.24) is 4.31 Å². The van der Waals surface area contributed by atoms with Crippen LogP contribution < -0.4 is 10.1 Å². The van der Waals surface area contributed by atoms with Crippen LogP contribution in [0.2, 0.25) is 0 Å². The fraction of sp³-hybridized carbons (Fsp3) is 0.222. The van der Waals surface area contributed by atoms with Gasteiger partial charge in [-0.1, -0.05) is 6.07 Å². The lowest BCUT2D eigenvalue weighted by Crippen LogP contribution is -2.24. The molecule has 0 fully saturated rings. The molecule has 0 radical (unpaired) electrons. The number of nitrogens with one attached hydrogen (secondary N) is 1. The largest absolute Gasteiger partial charge is 0.482 e. The molecule has 0 heterocycles. The Hall–Kier alpha value is -2.98. The first-order valence-electron chi connectivity index (χ1n) is 8.05. The van der Waals surface area contributed by atoms with E-state index in [0.29, 0.717) is 0 Å². The average molecular weight is 410 g/mol. The molecular weight excluding hydrogens is 391 g/mol. The van der Waals surface area contributed by atoms with Crippen LogP contribution in [0.1, 0.15) is 0 Å². The molecule has 0 unspecified atom stereocenters. The molecular formula is C18H19FN2O6S. The van der Waals surface area contributed by atoms with Crippen LogP contribution in [-0.2, 0) is 24.3 Å². The molecule has 0 aliphatic heterocycles. The quantitative estimate of drug-likeness (QED) is 0.664. The van der Waals surface area contributed by atoms with Crippen molar-refractivity contribution < 1.29 is 31.9 Å². The zero-order chi connectivity index (χ0) is 20.7. The van der Waals surface area contributed by atoms with Crippen molar-refractivity contribution in [2.24, 2.45) is 0 Å². The minimum Gasteiger partial charge on any atom is -0.482 e. The third-order valence-corrected chi connectivity index (χ3v) is 5.24. The van der Waals surface area contributed by atoms with E-state index in [4.69, 9.17) is 9.47 Å². The minimum atomic E-state index is -3.64. The number of nitrogens with zero attached hydrogens (tertiary/aromatic N) is 1. The molecule has 28 heavy (non-hydrogen) atoms. The summed E-state index contributed by atoms with van der Waals surface area (Å²) in [4.78, 5) is 23.5. The first-order valence-corrected chi connectivity index (χ1v) is 9.49. The van der Waals surface area contributed by atoms with Gasteiger partial charge in [0, 0.05) is 19.8 Å². The Bertz CT molecular complexity index is 945. The molecule has 2 aromatic rings. The third kappa shape index (κ3) is 6.03. The molecule has 0 atom stereocenters. The molecule has 0 saturated carbocycles. The van der Waals surface area contributed by atoms with Gasteiger partial charge in [-0.3, -0.25) is 4.79 Å². The minimum absolute atomic E-state index is 0.0139. The van der Waals surface area contributed by atoms with Gasteiger partial charge in [-0.05, 0) is 42.5 Å². The van der Waals surface area contributed by atoms with Crippen LogP contribution in [0.4, 0.5) is 10.1 Å². The first-order chi connectivity index (χ1) is 13.2. The zero-order valence-electron chi connectivity index (χ0n) is 15.2. The van der Waals surface area contributed by atoms with Crippen molar-refractivity contribution in [2.75, 3.05) is 32.6 Å². The van der Waals surface area contributed by atoms with Gasteiger partial charge >= 0.3 is 5.97 Å². The van der Waals surface area contributed by atoms with Crippen LogP contribution in [0.25, 0.3) is 0 Å². The van der Waals surface area contributed by atoms with Gasteiger partial charge in [0.1, 0.15) is 11.6 Å². The number of carbonyl (C=O) groups is 2. The van der Waals surface area contributed by atoms with Gasteiger partial charge in [-0.2, -0.15) is 0 Å². The maximum atomic E-state index is 12.8. The summed E-state index contributed by atoms with van der Waals surface area (Å²) in [5.41, 5.74) is 0.242. The van der Waals surface area contributed by atoms with E-state index in [0.717, 1.165) is 4.31 Å². The number of carbonyl (C=O) groups excluding carboxylic acids is 2. The highest BCUT2D eigenvalue weighted by atomic mass is 32.2. The monoisotopic (exact) mass is 410 g/mol. The highest BCUT2D eigenvalue weighted by Gasteiger charge is 2.17. The standard InChI is InChI=1S/C18H19FN2O6S/c1-21(2)28(24,25)16-5-3-4-14(10-16)20-17(22)11-27-18(23)12-26-15-8-6-13(19)7-9-15/h3-10H,11-12H2,1-2H3,(H,20,22). The van der Waals surface area contributed by atoms with Crippen molar-refractivity contribution in [3.8, 4) is 5.75 Å². The van der Waals surface area contributed by atoms with E-state index in [2.05, 4.69) is 5.32 Å². The lowest BCUT2D eigenvalue weighted by Gasteiger charge is -2.12. The summed E-state index contributed by atoms with van der Waals surface area (Å²) in [7, 11) is -0.847. The second kappa shape index (κ2) is 9.29. The van der Waals surface area contributed by atoms with E-state index < -0.39 is 40.9 Å². The van der Waals surface area contributed by atoms with Crippen molar-refractivity contribution in [1.29, 1.82) is 0 Å². The molecule has 1 amide bonds. The summed E-state index contributed by atoms with van der Waals surface area (Å²) >= 11 is 0. The molecule has 2 aromatic carbocycles. The number of halogens is 1. The SMILES string of the molecule is CN(C)S(=O)(=O)c1cccc(NC(=O)COC(=O)COc2ccc(F)cc2)c1. The smallest absolute Gasteiger partial charge is 0.344 e. The van der Waals surface area contributed by atoms with Gasteiger partial charge in [0.25, 0.3) is 5.91 Å². The summed E-state index contributed by atoms with van der Waals surface area (Å²) in [5, 5.41) is 2.45. The number of benzene rings is 2. The number of sulfonamides is 1. The van der Waals surface area contributed by atoms with E-state index in [-0.39, 0.29) is 16.3 Å². The first kappa shape index (κ1) is 21.3. The molecule has 0 spiro atoms. The number of rotatable bonds is 8. The highest BCUT2D eigenvalue weighted by molar-refractivity contribution is 7.89. The molecule has 1 N–H and O–H groups in total. The molecule has 0 bridgehead atoms. The van der Waals surface area contributed by atoms with E-state index in [1.165, 1.54) is 62.6 Å². The molecule has 0 aromatic heterocycles. The topological polar surface area (TPSA) is 102 Å². The second-order valence-electron chi connectivity index (χ2n) is 5.77. The fourth-order valence-corrected chi connectivity index (χ4v) is 2.95. The summed E-state index contributed by atoms with van der Waals surface area (Å²) in [6.07, 6.45) is 0. The molecule has 0 aliphatic carbocycles. The molecule has 0 saturated heterocycles. The van der Waals surface area contributed by atoms with Crippen molar-refractivity contribution >= 4 is 27.6 Å². The number of amides is 1. The molecule has 10 heteroatoms. The number of hydrogen-bond donors (Lipinski definition) is 1. The number of hydrogen-bond acceptors (Lipinski definition) is 6. The van der Waals surface area contributed by atoms with Crippen LogP contribution >= 0.6 is 0 Å². The fourth-order valence-electron chi connectivity index (χ4n) is 2.00. The van der Waals surface area contributed by atoms with Gasteiger partial charge in [0.2, 0.25) is 10.0 Å². The third-order valence-electron chi connectivity index (χ3n) is 3.43. The van der Waals surface area contributed by atoms with Crippen molar-refractivity contribution in [3.63, 3.8) is 0 Å². The Kier molecular flexibility index (Phi) is 7.07. The Morgan fingerprint density at radius 3 is 2.39 bits per heavy atom. The molecule has 150 valence electrons. The van der Waals surface area contributed by atoms with E-state index in [1.54, 1.807) is 0 Å². The van der Waals surface area contributed by atoms with Crippen LogP contribution in [0.5, 0.6) is 5.75 Å². The van der Waals surface area contributed by atoms with E-state index in [1.807, 2.05) is 0 Å². The predicted octanol–water partition coefficient (Wildman–Crippen LogP) is 1.64. The highest BCUT2D eigenvalue weighted by Crippen LogP contribution is 2.18. The van der Waals surface area contributed by atoms with E-state index >= 15 is 0 Å². The van der Waals surface area contributed by atoms with Crippen LogP contribution in [0.3, 0.4) is 0 Å². The van der Waals surface area contributed by atoms with Crippen LogP contribution in [0.15, 0.2) is 53.4 Å². The number of anilines is 1. The summed E-state index contributed by atoms with van der Waals surface area (Å²) < 4.78 is 47.9. The Morgan fingerprint density at radius 1 is 1.07 bits per heavy atom. The lowest BCUT2D eigenvalue weighted by molar-refractivity contribution is -0.149. The number of esters is 1. The van der Waals surface area contributed by atoms with Gasteiger partial charge < -0.3 is 14.8 Å². The summed E-state index contributed by atoms with van der Waals surface area (Å²) in [5.74, 6) is -1.59. The van der Waals surface area contributed by atoms with Crippen molar-refractivity contribution in [2.45, 2.75) is 4.90 Å². The van der Waals surface area contributed by atoms with Gasteiger partial charge in [-0.15, -0.1) is 0 Å². The summed E-state index contributed by atoms with van der Waals surface area (Å²) in [6, 6.07) is 10.7. The second-order valence-corrected chi connectivity index (χ2v) is 7.92. The molecule has 2 rings (SSSR count). The normalized spacial score (nSPS) is 11.1. The van der Waals surface area contributed by atoms with Gasteiger partial charge in [-0.25, -0.2) is 21.9 Å². The van der Waals surface area contributed by atoms with Crippen LogP contribution in [-0.4, -0.2) is 51.9 Å². The van der Waals surface area contributed by atoms with Crippen molar-refractivity contribution in [3.05, 3.63) is 54.3 Å².